The van der Waals surface area contributed by atoms with Crippen LogP contribution < -0.4 is 4.74 Å². The zero-order valence-electron chi connectivity index (χ0n) is 12.4. The molecule has 120 valence electrons. The van der Waals surface area contributed by atoms with E-state index in [2.05, 4.69) is 15.9 Å². The summed E-state index contributed by atoms with van der Waals surface area (Å²) in [5.41, 5.74) is 1.35. The Bertz CT molecular complexity index is 652. The lowest BCUT2D eigenvalue weighted by Crippen LogP contribution is -2.18. The molecule has 2 aromatic carbocycles. The van der Waals surface area contributed by atoms with Gasteiger partial charge >= 0.3 is 5.97 Å². The van der Waals surface area contributed by atoms with Crippen molar-refractivity contribution < 1.29 is 23.8 Å². The average molecular weight is 379 g/mol. The number of esters is 1. The standard InChI is InChI=1S/C17H15BrO5/c1-21-15-8-2-12(3-9-15)10-22-17(20)16(23-11-19)13-4-6-14(18)7-5-13/h2-9,11,16H,10H2,1H3. The summed E-state index contributed by atoms with van der Waals surface area (Å²) in [7, 11) is 1.58. The Morgan fingerprint density at radius 2 is 1.78 bits per heavy atom. The molecular formula is C17H15BrO5. The van der Waals surface area contributed by atoms with Crippen molar-refractivity contribution in [2.75, 3.05) is 7.11 Å². The third-order valence-corrected chi connectivity index (χ3v) is 3.65. The number of rotatable bonds is 7. The molecule has 1 unspecified atom stereocenters. The van der Waals surface area contributed by atoms with E-state index in [1.54, 1.807) is 55.6 Å². The van der Waals surface area contributed by atoms with E-state index in [-0.39, 0.29) is 13.1 Å². The Hall–Kier alpha value is -2.34. The smallest absolute Gasteiger partial charge is 0.352 e. The number of ether oxygens (including phenoxy) is 3. The highest BCUT2D eigenvalue weighted by Gasteiger charge is 2.23. The first-order valence-corrected chi connectivity index (χ1v) is 7.57. The second kappa shape index (κ2) is 8.33. The van der Waals surface area contributed by atoms with Crippen molar-refractivity contribution in [1.82, 2.24) is 0 Å². The van der Waals surface area contributed by atoms with E-state index >= 15 is 0 Å². The van der Waals surface area contributed by atoms with Crippen molar-refractivity contribution >= 4 is 28.4 Å². The lowest BCUT2D eigenvalue weighted by Gasteiger charge is -2.15. The van der Waals surface area contributed by atoms with Gasteiger partial charge in [0.05, 0.1) is 7.11 Å². The van der Waals surface area contributed by atoms with Gasteiger partial charge < -0.3 is 14.2 Å². The van der Waals surface area contributed by atoms with E-state index in [0.717, 1.165) is 15.8 Å². The molecule has 0 saturated carbocycles. The molecular weight excluding hydrogens is 364 g/mol. The summed E-state index contributed by atoms with van der Waals surface area (Å²) in [6, 6.07) is 14.0. The van der Waals surface area contributed by atoms with Gasteiger partial charge in [0, 0.05) is 10.0 Å². The molecule has 0 aliphatic heterocycles. The van der Waals surface area contributed by atoms with Crippen LogP contribution in [0.5, 0.6) is 5.75 Å². The third kappa shape index (κ3) is 4.82. The average Bonchev–Trinajstić information content (AvgIpc) is 2.59. The van der Waals surface area contributed by atoms with Gasteiger partial charge in [0.1, 0.15) is 12.4 Å². The van der Waals surface area contributed by atoms with Gasteiger partial charge in [0.15, 0.2) is 0 Å². The monoisotopic (exact) mass is 378 g/mol. The summed E-state index contributed by atoms with van der Waals surface area (Å²) in [6.07, 6.45) is -1.08. The minimum absolute atomic E-state index is 0.0814. The van der Waals surface area contributed by atoms with Crippen LogP contribution in [0.3, 0.4) is 0 Å². The second-order valence-corrected chi connectivity index (χ2v) is 5.54. The van der Waals surface area contributed by atoms with E-state index < -0.39 is 12.1 Å². The van der Waals surface area contributed by atoms with Crippen molar-refractivity contribution in [3.63, 3.8) is 0 Å². The maximum absolute atomic E-state index is 12.2. The summed E-state index contributed by atoms with van der Waals surface area (Å²) in [6.45, 7) is 0.319. The lowest BCUT2D eigenvalue weighted by atomic mass is 10.1. The number of benzene rings is 2. The number of carbonyl (C=O) groups excluding carboxylic acids is 2. The van der Waals surface area contributed by atoms with Gasteiger partial charge in [0.25, 0.3) is 6.47 Å². The zero-order chi connectivity index (χ0) is 16.7. The predicted octanol–water partition coefficient (Wildman–Crippen LogP) is 3.42. The molecule has 0 aromatic heterocycles. The van der Waals surface area contributed by atoms with Crippen LogP contribution in [0.25, 0.3) is 0 Å². The minimum Gasteiger partial charge on any atom is -0.497 e. The molecule has 1 atom stereocenters. The third-order valence-electron chi connectivity index (χ3n) is 3.12. The second-order valence-electron chi connectivity index (χ2n) is 4.62. The predicted molar refractivity (Wildman–Crippen MR) is 86.8 cm³/mol. The van der Waals surface area contributed by atoms with Crippen LogP contribution in [0.1, 0.15) is 17.2 Å². The van der Waals surface area contributed by atoms with E-state index in [1.807, 2.05) is 0 Å². The Morgan fingerprint density at radius 3 is 2.35 bits per heavy atom. The number of methoxy groups -OCH3 is 1. The number of carbonyl (C=O) groups is 2. The normalized spacial score (nSPS) is 11.4. The van der Waals surface area contributed by atoms with E-state index in [0.29, 0.717) is 5.56 Å². The van der Waals surface area contributed by atoms with Gasteiger partial charge in [-0.15, -0.1) is 0 Å². The molecule has 0 spiro atoms. The van der Waals surface area contributed by atoms with Gasteiger partial charge in [-0.2, -0.15) is 0 Å². The summed E-state index contributed by atoms with van der Waals surface area (Å²) in [5, 5.41) is 0. The number of hydrogen-bond donors (Lipinski definition) is 0. The van der Waals surface area contributed by atoms with Crippen LogP contribution in [0.4, 0.5) is 0 Å². The van der Waals surface area contributed by atoms with Crippen molar-refractivity contribution in [3.05, 3.63) is 64.1 Å². The molecule has 0 heterocycles. The van der Waals surface area contributed by atoms with Crippen LogP contribution in [0.2, 0.25) is 0 Å². The molecule has 0 bridgehead atoms. The van der Waals surface area contributed by atoms with E-state index in [9.17, 15) is 9.59 Å². The maximum Gasteiger partial charge on any atom is 0.352 e. The van der Waals surface area contributed by atoms with Crippen LogP contribution in [-0.2, 0) is 25.7 Å². The molecule has 5 nitrogen and oxygen atoms in total. The first-order valence-electron chi connectivity index (χ1n) is 6.78. The van der Waals surface area contributed by atoms with E-state index in [1.165, 1.54) is 0 Å². The topological polar surface area (TPSA) is 61.8 Å². The van der Waals surface area contributed by atoms with Crippen molar-refractivity contribution in [2.24, 2.45) is 0 Å². The largest absolute Gasteiger partial charge is 0.497 e. The summed E-state index contributed by atoms with van der Waals surface area (Å²) in [4.78, 5) is 22.8. The lowest BCUT2D eigenvalue weighted by molar-refractivity contribution is -0.163. The van der Waals surface area contributed by atoms with Gasteiger partial charge in [-0.3, -0.25) is 4.79 Å². The Kier molecular flexibility index (Phi) is 6.17. The molecule has 0 aliphatic carbocycles. The first kappa shape index (κ1) is 17.0. The molecule has 0 radical (unpaired) electrons. The van der Waals surface area contributed by atoms with Crippen molar-refractivity contribution in [2.45, 2.75) is 12.7 Å². The van der Waals surface area contributed by atoms with Crippen LogP contribution >= 0.6 is 15.9 Å². The number of hydrogen-bond acceptors (Lipinski definition) is 5. The maximum atomic E-state index is 12.2. The molecule has 0 N–H and O–H groups in total. The highest BCUT2D eigenvalue weighted by molar-refractivity contribution is 9.10. The van der Waals surface area contributed by atoms with Crippen molar-refractivity contribution in [3.8, 4) is 5.75 Å². The molecule has 23 heavy (non-hydrogen) atoms. The molecule has 0 amide bonds. The summed E-state index contributed by atoms with van der Waals surface area (Å²) >= 11 is 3.31. The fourth-order valence-corrected chi connectivity index (χ4v) is 2.18. The molecule has 0 fully saturated rings. The van der Waals surface area contributed by atoms with Gasteiger partial charge in [0.2, 0.25) is 6.10 Å². The summed E-state index contributed by atoms with van der Waals surface area (Å²) < 4.78 is 16.0. The fraction of sp³-hybridized carbons (Fsp3) is 0.176. The molecule has 2 rings (SSSR count). The quantitative estimate of drug-likeness (QED) is 0.545. The van der Waals surface area contributed by atoms with Gasteiger partial charge in [-0.05, 0) is 29.8 Å². The SMILES string of the molecule is COc1ccc(COC(=O)C(OC=O)c2ccc(Br)cc2)cc1. The fourth-order valence-electron chi connectivity index (χ4n) is 1.92. The number of halogens is 1. The Morgan fingerprint density at radius 1 is 1.13 bits per heavy atom. The van der Waals surface area contributed by atoms with Crippen LogP contribution in [0.15, 0.2) is 53.0 Å². The summed E-state index contributed by atoms with van der Waals surface area (Å²) in [5.74, 6) is 0.0901. The highest BCUT2D eigenvalue weighted by atomic mass is 79.9. The molecule has 6 heteroatoms. The Balaban J connectivity index is 2.02. The molecule has 0 aliphatic rings. The first-order chi connectivity index (χ1) is 11.1. The van der Waals surface area contributed by atoms with Gasteiger partial charge in [-0.1, -0.05) is 40.2 Å². The van der Waals surface area contributed by atoms with Gasteiger partial charge in [-0.25, -0.2) is 4.79 Å². The molecule has 2 aromatic rings. The minimum atomic E-state index is -1.08. The Labute approximate surface area is 142 Å². The van der Waals surface area contributed by atoms with Crippen LogP contribution in [-0.4, -0.2) is 19.6 Å². The zero-order valence-corrected chi connectivity index (χ0v) is 14.0. The van der Waals surface area contributed by atoms with Crippen LogP contribution in [0, 0.1) is 0 Å². The highest BCUT2D eigenvalue weighted by Crippen LogP contribution is 2.22. The molecule has 0 saturated heterocycles. The van der Waals surface area contributed by atoms with Crippen molar-refractivity contribution in [1.29, 1.82) is 0 Å². The van der Waals surface area contributed by atoms with E-state index in [4.69, 9.17) is 14.2 Å².